The van der Waals surface area contributed by atoms with Crippen molar-refractivity contribution in [1.82, 2.24) is 10.6 Å². The average Bonchev–Trinajstić information content (AvgIpc) is 2.66. The summed E-state index contributed by atoms with van der Waals surface area (Å²) in [6.45, 7) is 9.09. The van der Waals surface area contributed by atoms with Crippen molar-refractivity contribution in [3.05, 3.63) is 83.9 Å². The zero-order valence-electron chi connectivity index (χ0n) is 15.3. The van der Waals surface area contributed by atoms with Crippen LogP contribution in [0.15, 0.2) is 72.2 Å². The van der Waals surface area contributed by atoms with Gasteiger partial charge in [0.15, 0.2) is 5.96 Å². The van der Waals surface area contributed by atoms with Gasteiger partial charge in [-0.2, -0.15) is 0 Å². The van der Waals surface area contributed by atoms with Crippen molar-refractivity contribution in [2.24, 2.45) is 4.99 Å². The number of ether oxygens (including phenoxy) is 1. The highest BCUT2D eigenvalue weighted by atomic mass is 127. The maximum atomic E-state index is 5.87. The molecule has 140 valence electrons. The first-order valence-corrected chi connectivity index (χ1v) is 8.65. The molecule has 0 bridgehead atoms. The molecule has 0 spiro atoms. The van der Waals surface area contributed by atoms with Gasteiger partial charge in [-0.05, 0) is 23.6 Å². The van der Waals surface area contributed by atoms with Gasteiger partial charge in [0.2, 0.25) is 0 Å². The molecule has 0 saturated carbocycles. The van der Waals surface area contributed by atoms with Gasteiger partial charge in [-0.1, -0.05) is 60.7 Å². The third-order valence-electron chi connectivity index (χ3n) is 3.65. The Morgan fingerprint density at radius 2 is 1.69 bits per heavy atom. The molecule has 0 atom stereocenters. The zero-order valence-corrected chi connectivity index (χ0v) is 17.6. The number of nitrogens with one attached hydrogen (secondary N) is 2. The third kappa shape index (κ3) is 8.01. The highest BCUT2D eigenvalue weighted by molar-refractivity contribution is 14.0. The largest absolute Gasteiger partial charge is 0.372 e. The van der Waals surface area contributed by atoms with E-state index in [9.17, 15) is 0 Å². The first kappa shape index (κ1) is 22.2. The Morgan fingerprint density at radius 1 is 1.00 bits per heavy atom. The Bertz CT molecular complexity index is 674. The lowest BCUT2D eigenvalue weighted by Gasteiger charge is -2.12. The van der Waals surface area contributed by atoms with Gasteiger partial charge in [0.25, 0.3) is 0 Å². The molecule has 2 rings (SSSR count). The summed E-state index contributed by atoms with van der Waals surface area (Å²) < 4.78 is 5.87. The Hall–Kier alpha value is -1.86. The van der Waals surface area contributed by atoms with E-state index < -0.39 is 0 Å². The van der Waals surface area contributed by atoms with E-state index in [1.807, 2.05) is 36.4 Å². The molecule has 0 aliphatic rings. The van der Waals surface area contributed by atoms with Crippen LogP contribution < -0.4 is 10.6 Å². The Labute approximate surface area is 173 Å². The van der Waals surface area contributed by atoms with Crippen LogP contribution in [-0.2, 0) is 24.5 Å². The van der Waals surface area contributed by atoms with Crippen LogP contribution in [0.3, 0.4) is 0 Å². The van der Waals surface area contributed by atoms with Crippen LogP contribution in [0.4, 0.5) is 0 Å². The standard InChI is InChI=1S/C21H27N3O.HI/c1-3-14-23-21(22-4-2)24-15-19-12-8-9-13-20(19)17-25-16-18-10-6-5-7-11-18;/h3,5-13H,1,4,14-17H2,2H3,(H2,22,23,24);1H. The second-order valence-corrected chi connectivity index (χ2v) is 5.61. The summed E-state index contributed by atoms with van der Waals surface area (Å²) in [6, 6.07) is 18.5. The van der Waals surface area contributed by atoms with E-state index in [0.717, 1.165) is 12.5 Å². The molecule has 2 aromatic carbocycles. The maximum absolute atomic E-state index is 5.87. The van der Waals surface area contributed by atoms with Crippen LogP contribution in [-0.4, -0.2) is 19.0 Å². The lowest BCUT2D eigenvalue weighted by Crippen LogP contribution is -2.37. The smallest absolute Gasteiger partial charge is 0.191 e. The molecule has 0 aliphatic carbocycles. The van der Waals surface area contributed by atoms with Crippen molar-refractivity contribution in [2.45, 2.75) is 26.7 Å². The fourth-order valence-electron chi connectivity index (χ4n) is 2.38. The minimum Gasteiger partial charge on any atom is -0.372 e. The topological polar surface area (TPSA) is 45.7 Å². The highest BCUT2D eigenvalue weighted by Gasteiger charge is 2.03. The summed E-state index contributed by atoms with van der Waals surface area (Å²) in [7, 11) is 0. The summed E-state index contributed by atoms with van der Waals surface area (Å²) >= 11 is 0. The molecule has 26 heavy (non-hydrogen) atoms. The normalized spacial score (nSPS) is 10.7. The van der Waals surface area contributed by atoms with Crippen molar-refractivity contribution < 1.29 is 4.74 Å². The molecule has 0 aromatic heterocycles. The molecule has 0 fully saturated rings. The van der Waals surface area contributed by atoms with Gasteiger partial charge >= 0.3 is 0 Å². The lowest BCUT2D eigenvalue weighted by molar-refractivity contribution is 0.106. The van der Waals surface area contributed by atoms with Crippen LogP contribution in [0, 0.1) is 0 Å². The van der Waals surface area contributed by atoms with Gasteiger partial charge in [-0.3, -0.25) is 0 Å². The van der Waals surface area contributed by atoms with E-state index >= 15 is 0 Å². The quantitative estimate of drug-likeness (QED) is 0.252. The first-order valence-electron chi connectivity index (χ1n) is 8.65. The third-order valence-corrected chi connectivity index (χ3v) is 3.65. The maximum Gasteiger partial charge on any atom is 0.191 e. The number of halogens is 1. The van der Waals surface area contributed by atoms with Crippen molar-refractivity contribution in [1.29, 1.82) is 0 Å². The molecular weight excluding hydrogens is 437 g/mol. The van der Waals surface area contributed by atoms with Crippen LogP contribution in [0.2, 0.25) is 0 Å². The Balaban J connectivity index is 0.00000338. The van der Waals surface area contributed by atoms with Gasteiger partial charge in [-0.25, -0.2) is 4.99 Å². The van der Waals surface area contributed by atoms with Crippen molar-refractivity contribution in [3.8, 4) is 0 Å². The fourth-order valence-corrected chi connectivity index (χ4v) is 2.38. The Kier molecular flexibility index (Phi) is 11.4. The minimum absolute atomic E-state index is 0. The monoisotopic (exact) mass is 465 g/mol. The fraction of sp³-hybridized carbons (Fsp3) is 0.286. The number of rotatable bonds is 9. The summed E-state index contributed by atoms with van der Waals surface area (Å²) in [5.41, 5.74) is 3.52. The lowest BCUT2D eigenvalue weighted by atomic mass is 10.1. The van der Waals surface area contributed by atoms with Crippen molar-refractivity contribution in [2.75, 3.05) is 13.1 Å². The number of guanidine groups is 1. The average molecular weight is 465 g/mol. The molecular formula is C21H28IN3O. The first-order chi connectivity index (χ1) is 12.3. The van der Waals surface area contributed by atoms with E-state index in [-0.39, 0.29) is 24.0 Å². The molecule has 0 heterocycles. The van der Waals surface area contributed by atoms with E-state index in [1.54, 1.807) is 0 Å². The minimum atomic E-state index is 0. The highest BCUT2D eigenvalue weighted by Crippen LogP contribution is 2.13. The van der Waals surface area contributed by atoms with Crippen LogP contribution >= 0.6 is 24.0 Å². The van der Waals surface area contributed by atoms with Gasteiger partial charge in [0.1, 0.15) is 0 Å². The number of hydrogen-bond acceptors (Lipinski definition) is 2. The summed E-state index contributed by atoms with van der Waals surface area (Å²) in [4.78, 5) is 4.64. The zero-order chi connectivity index (χ0) is 17.7. The van der Waals surface area contributed by atoms with Gasteiger partial charge in [0.05, 0.1) is 19.8 Å². The van der Waals surface area contributed by atoms with Gasteiger partial charge in [0, 0.05) is 13.1 Å². The molecule has 0 aliphatic heterocycles. The number of aliphatic imine (C=N–C) groups is 1. The summed E-state index contributed by atoms with van der Waals surface area (Å²) in [5.74, 6) is 0.794. The Morgan fingerprint density at radius 3 is 2.38 bits per heavy atom. The molecule has 0 radical (unpaired) electrons. The van der Waals surface area contributed by atoms with Crippen molar-refractivity contribution in [3.63, 3.8) is 0 Å². The van der Waals surface area contributed by atoms with E-state index in [0.29, 0.717) is 26.3 Å². The predicted molar refractivity (Wildman–Crippen MR) is 120 cm³/mol. The number of nitrogens with zero attached hydrogens (tertiary/aromatic N) is 1. The molecule has 0 amide bonds. The molecule has 0 unspecified atom stereocenters. The second kappa shape index (κ2) is 13.4. The van der Waals surface area contributed by atoms with E-state index in [1.165, 1.54) is 16.7 Å². The molecule has 2 aromatic rings. The molecule has 0 saturated heterocycles. The van der Waals surface area contributed by atoms with Gasteiger partial charge in [-0.15, -0.1) is 30.6 Å². The summed E-state index contributed by atoms with van der Waals surface area (Å²) in [6.07, 6.45) is 1.82. The second-order valence-electron chi connectivity index (χ2n) is 5.61. The molecule has 5 heteroatoms. The number of benzene rings is 2. The van der Waals surface area contributed by atoms with Gasteiger partial charge < -0.3 is 15.4 Å². The number of hydrogen-bond donors (Lipinski definition) is 2. The molecule has 4 nitrogen and oxygen atoms in total. The van der Waals surface area contributed by atoms with Crippen molar-refractivity contribution >= 4 is 29.9 Å². The SMILES string of the molecule is C=CCNC(=NCc1ccccc1COCc1ccccc1)NCC.I. The van der Waals surface area contributed by atoms with Crippen LogP contribution in [0.25, 0.3) is 0 Å². The van der Waals surface area contributed by atoms with Crippen LogP contribution in [0.5, 0.6) is 0 Å². The van der Waals surface area contributed by atoms with E-state index in [2.05, 4.69) is 53.4 Å². The van der Waals surface area contributed by atoms with E-state index in [4.69, 9.17) is 4.74 Å². The molecule has 2 N–H and O–H groups in total. The van der Waals surface area contributed by atoms with Crippen LogP contribution in [0.1, 0.15) is 23.6 Å². The summed E-state index contributed by atoms with van der Waals surface area (Å²) in [5, 5.41) is 6.45. The predicted octanol–water partition coefficient (Wildman–Crippen LogP) is 4.26.